The van der Waals surface area contributed by atoms with Gasteiger partial charge in [-0.25, -0.2) is 8.78 Å². The quantitative estimate of drug-likeness (QED) is 0.650. The Balaban J connectivity index is 2.56. The Morgan fingerprint density at radius 2 is 2.05 bits per heavy atom. The lowest BCUT2D eigenvalue weighted by Gasteiger charge is -2.17. The molecule has 0 fully saturated rings. The van der Waals surface area contributed by atoms with Gasteiger partial charge in [0, 0.05) is 6.04 Å². The summed E-state index contributed by atoms with van der Waals surface area (Å²) in [6, 6.07) is 2.87. The van der Waals surface area contributed by atoms with Crippen LogP contribution in [0.5, 0.6) is 0 Å². The molecule has 0 aliphatic carbocycles. The normalized spacial score (nSPS) is 12.3. The van der Waals surface area contributed by atoms with Crippen molar-refractivity contribution in [3.8, 4) is 0 Å². The number of aliphatic carboxylic acids is 1. The van der Waals surface area contributed by atoms with E-state index in [1.165, 1.54) is 0 Å². The molecule has 3 nitrogen and oxygen atoms in total. The van der Waals surface area contributed by atoms with Crippen molar-refractivity contribution in [1.29, 1.82) is 0 Å². The van der Waals surface area contributed by atoms with Crippen molar-refractivity contribution in [3.05, 3.63) is 35.4 Å². The van der Waals surface area contributed by atoms with Gasteiger partial charge >= 0.3 is 5.97 Å². The first-order chi connectivity index (χ1) is 10.0. The Labute approximate surface area is 124 Å². The summed E-state index contributed by atoms with van der Waals surface area (Å²) >= 11 is 0. The second-order valence-corrected chi connectivity index (χ2v) is 5.25. The highest BCUT2D eigenvalue weighted by molar-refractivity contribution is 5.67. The fourth-order valence-electron chi connectivity index (χ4n) is 2.25. The van der Waals surface area contributed by atoms with Crippen LogP contribution < -0.4 is 5.32 Å². The van der Waals surface area contributed by atoms with E-state index in [0.29, 0.717) is 6.54 Å². The van der Waals surface area contributed by atoms with Crippen molar-refractivity contribution in [2.75, 3.05) is 6.54 Å². The van der Waals surface area contributed by atoms with E-state index in [-0.39, 0.29) is 24.4 Å². The van der Waals surface area contributed by atoms with Crippen LogP contribution in [-0.2, 0) is 11.2 Å². The number of carbonyl (C=O) groups is 1. The molecule has 0 saturated carbocycles. The zero-order chi connectivity index (χ0) is 15.7. The monoisotopic (exact) mass is 299 g/mol. The highest BCUT2D eigenvalue weighted by atomic mass is 19.1. The van der Waals surface area contributed by atoms with Gasteiger partial charge in [0.05, 0.1) is 6.42 Å². The van der Waals surface area contributed by atoms with Crippen LogP contribution in [-0.4, -0.2) is 23.7 Å². The summed E-state index contributed by atoms with van der Waals surface area (Å²) in [5.41, 5.74) is 0.210. The number of halogens is 2. The molecule has 0 radical (unpaired) electrons. The summed E-state index contributed by atoms with van der Waals surface area (Å²) in [5.74, 6) is -1.96. The summed E-state index contributed by atoms with van der Waals surface area (Å²) < 4.78 is 26.8. The average Bonchev–Trinajstić information content (AvgIpc) is 2.42. The van der Waals surface area contributed by atoms with Gasteiger partial charge in [0.2, 0.25) is 0 Å². The van der Waals surface area contributed by atoms with Gasteiger partial charge in [-0.15, -0.1) is 0 Å². The van der Waals surface area contributed by atoms with E-state index in [1.807, 2.05) is 0 Å². The van der Waals surface area contributed by atoms with E-state index in [1.54, 1.807) is 0 Å². The highest BCUT2D eigenvalue weighted by Crippen LogP contribution is 2.13. The van der Waals surface area contributed by atoms with Crippen molar-refractivity contribution in [3.63, 3.8) is 0 Å². The first-order valence-corrected chi connectivity index (χ1v) is 7.42. The van der Waals surface area contributed by atoms with E-state index in [4.69, 9.17) is 5.11 Å². The first-order valence-electron chi connectivity index (χ1n) is 7.42. The van der Waals surface area contributed by atoms with Gasteiger partial charge in [-0.3, -0.25) is 4.79 Å². The molecule has 0 aliphatic rings. The van der Waals surface area contributed by atoms with Crippen LogP contribution in [0.2, 0.25) is 0 Å². The lowest BCUT2D eigenvalue weighted by atomic mass is 10.0. The number of unbranched alkanes of at least 4 members (excludes halogenated alkanes) is 3. The molecule has 0 saturated heterocycles. The number of carboxylic acid groups (broad SMARTS) is 1. The maximum atomic E-state index is 13.6. The van der Waals surface area contributed by atoms with Gasteiger partial charge in [0.15, 0.2) is 0 Å². The average molecular weight is 299 g/mol. The van der Waals surface area contributed by atoms with Gasteiger partial charge in [-0.2, -0.15) is 0 Å². The van der Waals surface area contributed by atoms with E-state index in [2.05, 4.69) is 12.2 Å². The predicted molar refractivity (Wildman–Crippen MR) is 78.2 cm³/mol. The second-order valence-electron chi connectivity index (χ2n) is 5.25. The lowest BCUT2D eigenvalue weighted by molar-refractivity contribution is -0.137. The van der Waals surface area contributed by atoms with E-state index in [0.717, 1.165) is 43.9 Å². The van der Waals surface area contributed by atoms with Crippen molar-refractivity contribution in [2.24, 2.45) is 0 Å². The van der Waals surface area contributed by atoms with Crippen LogP contribution in [0.3, 0.4) is 0 Å². The zero-order valence-electron chi connectivity index (χ0n) is 12.4. The summed E-state index contributed by atoms with van der Waals surface area (Å²) in [4.78, 5) is 10.9. The van der Waals surface area contributed by atoms with Crippen LogP contribution in [0.4, 0.5) is 8.78 Å². The number of rotatable bonds is 10. The third-order valence-corrected chi connectivity index (χ3v) is 3.36. The van der Waals surface area contributed by atoms with Crippen LogP contribution in [0.15, 0.2) is 18.2 Å². The molecule has 0 spiro atoms. The Kier molecular flexibility index (Phi) is 7.90. The zero-order valence-corrected chi connectivity index (χ0v) is 12.4. The smallest absolute Gasteiger partial charge is 0.304 e. The fraction of sp³-hybridized carbons (Fsp3) is 0.562. The van der Waals surface area contributed by atoms with Crippen molar-refractivity contribution < 1.29 is 18.7 Å². The SMILES string of the molecule is CCCCCCNC(CC(=O)O)Cc1cc(F)ccc1F. The standard InChI is InChI=1S/C16H23F2NO2/c1-2-3-4-5-8-19-14(11-16(20)21)10-12-9-13(17)6-7-15(12)18/h6-7,9,14,19H,2-5,8,10-11H2,1H3,(H,20,21). The maximum Gasteiger partial charge on any atom is 0.304 e. The van der Waals surface area contributed by atoms with Gasteiger partial charge in [0.1, 0.15) is 11.6 Å². The van der Waals surface area contributed by atoms with Crippen LogP contribution in [0, 0.1) is 11.6 Å². The number of nitrogens with one attached hydrogen (secondary N) is 1. The number of hydrogen-bond donors (Lipinski definition) is 2. The van der Waals surface area contributed by atoms with Gasteiger partial charge in [-0.05, 0) is 43.1 Å². The molecular weight excluding hydrogens is 276 g/mol. The predicted octanol–water partition coefficient (Wildman–Crippen LogP) is 3.52. The van der Waals surface area contributed by atoms with Gasteiger partial charge in [0.25, 0.3) is 0 Å². The largest absolute Gasteiger partial charge is 0.481 e. The molecule has 1 rings (SSSR count). The molecule has 0 aromatic heterocycles. The van der Waals surface area contributed by atoms with E-state index < -0.39 is 17.6 Å². The van der Waals surface area contributed by atoms with Crippen molar-refractivity contribution in [1.82, 2.24) is 5.32 Å². The molecular formula is C16H23F2NO2. The topological polar surface area (TPSA) is 49.3 Å². The molecule has 0 aliphatic heterocycles. The van der Waals surface area contributed by atoms with Gasteiger partial charge in [-0.1, -0.05) is 26.2 Å². The van der Waals surface area contributed by atoms with Crippen molar-refractivity contribution in [2.45, 2.75) is 51.5 Å². The fourth-order valence-corrected chi connectivity index (χ4v) is 2.25. The molecule has 0 amide bonds. The minimum atomic E-state index is -0.946. The molecule has 1 atom stereocenters. The molecule has 0 bridgehead atoms. The van der Waals surface area contributed by atoms with Crippen LogP contribution in [0.1, 0.15) is 44.6 Å². The highest BCUT2D eigenvalue weighted by Gasteiger charge is 2.16. The minimum absolute atomic E-state index is 0.107. The molecule has 2 N–H and O–H groups in total. The minimum Gasteiger partial charge on any atom is -0.481 e. The molecule has 21 heavy (non-hydrogen) atoms. The summed E-state index contributed by atoms with van der Waals surface area (Å²) in [7, 11) is 0. The summed E-state index contributed by atoms with van der Waals surface area (Å²) in [6.45, 7) is 2.81. The number of hydrogen-bond acceptors (Lipinski definition) is 2. The lowest BCUT2D eigenvalue weighted by Crippen LogP contribution is -2.34. The molecule has 5 heteroatoms. The molecule has 118 valence electrons. The Morgan fingerprint density at radius 1 is 1.29 bits per heavy atom. The Bertz CT molecular complexity index is 452. The second kappa shape index (κ2) is 9.45. The first kappa shape index (κ1) is 17.6. The molecule has 1 aromatic rings. The van der Waals surface area contributed by atoms with Crippen LogP contribution in [0.25, 0.3) is 0 Å². The third kappa shape index (κ3) is 7.18. The molecule has 1 unspecified atom stereocenters. The Morgan fingerprint density at radius 3 is 2.71 bits per heavy atom. The van der Waals surface area contributed by atoms with Gasteiger partial charge < -0.3 is 10.4 Å². The van der Waals surface area contributed by atoms with Crippen LogP contribution >= 0.6 is 0 Å². The number of carboxylic acids is 1. The number of benzene rings is 1. The molecule has 1 aromatic carbocycles. The Hall–Kier alpha value is -1.49. The van der Waals surface area contributed by atoms with E-state index >= 15 is 0 Å². The molecule has 0 heterocycles. The summed E-state index contributed by atoms with van der Waals surface area (Å²) in [5, 5.41) is 12.1. The maximum absolute atomic E-state index is 13.6. The van der Waals surface area contributed by atoms with Crippen molar-refractivity contribution >= 4 is 5.97 Å². The van der Waals surface area contributed by atoms with E-state index in [9.17, 15) is 13.6 Å². The summed E-state index contributed by atoms with van der Waals surface area (Å²) in [6.07, 6.45) is 4.37. The third-order valence-electron chi connectivity index (χ3n) is 3.36.